The highest BCUT2D eigenvalue weighted by Crippen LogP contribution is 2.74. The number of allylic oxidation sites excluding steroid dienone is 1. The Kier molecular flexibility index (Phi) is 22.1. The van der Waals surface area contributed by atoms with E-state index in [9.17, 15) is 91.9 Å². The van der Waals surface area contributed by atoms with Crippen molar-refractivity contribution in [2.45, 2.75) is 278 Å². The second-order valence-electron chi connectivity index (χ2n) is 28.5. The molecule has 0 aromatic rings. The monoisotopic (exact) mass is 1280 g/mol. The zero-order valence-corrected chi connectivity index (χ0v) is 51.7. The van der Waals surface area contributed by atoms with E-state index in [1.165, 1.54) is 13.8 Å². The largest absolute Gasteiger partial charge is 0.394 e. The van der Waals surface area contributed by atoms with Gasteiger partial charge in [0.2, 0.25) is 0 Å². The summed E-state index contributed by atoms with van der Waals surface area (Å²) in [4.78, 5) is 15.4. The maximum atomic E-state index is 15.4. The average Bonchev–Trinajstić information content (AvgIpc) is 1.66. The summed E-state index contributed by atoms with van der Waals surface area (Å²) in [5.74, 6) is -0.178. The minimum Gasteiger partial charge on any atom is -0.394 e. The van der Waals surface area contributed by atoms with Gasteiger partial charge in [0, 0.05) is 17.3 Å². The Hall–Kier alpha value is -1.71. The molecule has 0 aromatic carbocycles. The van der Waals surface area contributed by atoms with Crippen LogP contribution in [0.5, 0.6) is 0 Å². The van der Waals surface area contributed by atoms with Crippen LogP contribution in [0.25, 0.3) is 0 Å². The number of carbonyl (C=O) groups excluding carboxylic acids is 1. The Morgan fingerprint density at radius 1 is 0.539 bits per heavy atom. The third kappa shape index (κ3) is 13.0. The highest BCUT2D eigenvalue weighted by molar-refractivity contribution is 5.88. The quantitative estimate of drug-likeness (QED) is 0.0507. The van der Waals surface area contributed by atoms with E-state index in [2.05, 4.69) is 33.8 Å². The SMILES string of the molecule is C[C@H](CC[C@@H](O[C@@H]1O[C@H](CO[C@@H]2O[C@H](CO)[C@@H](O)[C@H](O)[C@H]2O)[C@@H](O)[C@H](O)[C@H]1O[C@H]1O[C@@H](CO)[C@H](O)[C@@H](O)[C@@H]1O)C(C)(C)O)C1CC[C@@]2(C)C3CC=C4C(CC[C@H](O[C@@H]5O[C@H](CO[C@@H]6O[C@H](CO)[C@@H](O)[C@H](O)[C@H]6O)[C@@H](O)[C@H](O)[C@H]5O)C4(C)C)[C@]3(C)C(=O)C[C@]12C. The minimum absolute atomic E-state index is 0.00532. The van der Waals surface area contributed by atoms with Crippen LogP contribution in [-0.4, -0.2) is 302 Å². The number of carbonyl (C=O) groups is 1. The highest BCUT2D eigenvalue weighted by Gasteiger charge is 2.71. The highest BCUT2D eigenvalue weighted by atomic mass is 16.8. The standard InChI is InChI=1S/C60H100O29/c1-23(9-13-35(57(4,5)79)88-55-50(89-54-49(78)43(72)38(67)29(20-63)84-54)45(74)40(69)31(86-55)22-81-52-47(76)42(71)37(66)28(19-62)83-52)24-15-16-58(6)32-12-10-25-26(60(32,8)33(64)17-59(24,58)7)11-14-34(56(25,2)3)87-53-48(77)44(73)39(68)30(85-53)21-80-51-46(75)41(70)36(65)27(18-61)82-51/h10,23-24,26-32,34-55,61-63,65-79H,9,11-22H2,1-8H3/t23-,24?,26?,27-,28-,29+,30-,31-,32?,34+,35-,36-,37-,38+,39-,40-,41+,42+,43-,44+,45+,46-,47-,48-,49+,50-,51-,52-,53+,54-,55+,58+,59-,60+/m1/s1. The number of fused-ring (bicyclic) bond motifs is 5. The van der Waals surface area contributed by atoms with Gasteiger partial charge in [-0.1, -0.05) is 53.2 Å². The predicted molar refractivity (Wildman–Crippen MR) is 299 cm³/mol. The van der Waals surface area contributed by atoms with Crippen molar-refractivity contribution in [2.24, 2.45) is 45.3 Å². The maximum absolute atomic E-state index is 15.4. The molecule has 29 heteroatoms. The summed E-state index contributed by atoms with van der Waals surface area (Å²) < 4.78 is 59.2. The first-order chi connectivity index (χ1) is 41.6. The summed E-state index contributed by atoms with van der Waals surface area (Å²) in [6.07, 6.45) is -37.4. The fourth-order valence-corrected chi connectivity index (χ4v) is 16.7. The lowest BCUT2D eigenvalue weighted by Crippen LogP contribution is -2.65. The molecule has 0 radical (unpaired) electrons. The van der Waals surface area contributed by atoms with Crippen LogP contribution in [0.3, 0.4) is 0 Å². The molecule has 34 atom stereocenters. The number of rotatable bonds is 20. The lowest BCUT2D eigenvalue weighted by Gasteiger charge is -2.65. The summed E-state index contributed by atoms with van der Waals surface area (Å²) in [6.45, 7) is 12.2. The Balaban J connectivity index is 0.884. The number of aliphatic hydroxyl groups excluding tert-OH is 17. The molecule has 4 aliphatic carbocycles. The first kappa shape index (κ1) is 71.6. The Morgan fingerprint density at radius 3 is 1.47 bits per heavy atom. The maximum Gasteiger partial charge on any atom is 0.187 e. The predicted octanol–water partition coefficient (Wildman–Crippen LogP) is -5.20. The topological polar surface area (TPSA) is 474 Å². The fraction of sp³-hybridized carbons (Fsp3) is 0.950. The van der Waals surface area contributed by atoms with Crippen LogP contribution in [0.1, 0.15) is 107 Å². The average molecular weight is 1290 g/mol. The molecule has 5 saturated heterocycles. The lowest BCUT2D eigenvalue weighted by atomic mass is 9.38. The van der Waals surface area contributed by atoms with Gasteiger partial charge in [-0.2, -0.15) is 0 Å². The molecule has 3 unspecified atom stereocenters. The smallest absolute Gasteiger partial charge is 0.187 e. The van der Waals surface area contributed by atoms with Crippen molar-refractivity contribution in [3.63, 3.8) is 0 Å². The van der Waals surface area contributed by atoms with Crippen molar-refractivity contribution < 1.29 is 144 Å². The van der Waals surface area contributed by atoms with Gasteiger partial charge in [0.25, 0.3) is 0 Å². The van der Waals surface area contributed by atoms with Gasteiger partial charge in [-0.3, -0.25) is 4.79 Å². The van der Waals surface area contributed by atoms with Crippen molar-refractivity contribution in [3.8, 4) is 0 Å². The van der Waals surface area contributed by atoms with Crippen molar-refractivity contribution in [3.05, 3.63) is 11.6 Å². The molecule has 0 bridgehead atoms. The molecule has 29 nitrogen and oxygen atoms in total. The summed E-state index contributed by atoms with van der Waals surface area (Å²) in [5, 5.41) is 192. The van der Waals surface area contributed by atoms with E-state index in [0.717, 1.165) is 18.4 Å². The molecule has 9 aliphatic rings. The Morgan fingerprint density at radius 2 is 0.978 bits per heavy atom. The van der Waals surface area contributed by atoms with Gasteiger partial charge in [0.15, 0.2) is 31.5 Å². The zero-order chi connectivity index (χ0) is 65.5. The molecular formula is C60H100O29. The second kappa shape index (κ2) is 27.4. The molecule has 0 amide bonds. The number of hydrogen-bond donors (Lipinski definition) is 18. The molecule has 0 spiro atoms. The molecule has 5 heterocycles. The van der Waals surface area contributed by atoms with Crippen LogP contribution < -0.4 is 0 Å². The van der Waals surface area contributed by atoms with Gasteiger partial charge >= 0.3 is 0 Å². The minimum atomic E-state index is -1.97. The van der Waals surface area contributed by atoms with Crippen molar-refractivity contribution in [2.75, 3.05) is 33.0 Å². The molecule has 9 rings (SSSR count). The third-order valence-corrected chi connectivity index (χ3v) is 22.6. The summed E-state index contributed by atoms with van der Waals surface area (Å²) in [6, 6.07) is 0. The summed E-state index contributed by atoms with van der Waals surface area (Å²) in [5.41, 5.74) is -2.96. The molecular weight excluding hydrogens is 1180 g/mol. The van der Waals surface area contributed by atoms with Gasteiger partial charge < -0.3 is 139 Å². The number of aliphatic hydroxyl groups is 18. The molecule has 514 valence electrons. The van der Waals surface area contributed by atoms with E-state index >= 15 is 4.79 Å². The third-order valence-electron chi connectivity index (χ3n) is 22.6. The van der Waals surface area contributed by atoms with Crippen LogP contribution in [-0.2, 0) is 52.2 Å². The summed E-state index contributed by atoms with van der Waals surface area (Å²) >= 11 is 0. The second-order valence-corrected chi connectivity index (χ2v) is 28.5. The number of ketones is 1. The van der Waals surface area contributed by atoms with Crippen molar-refractivity contribution in [1.29, 1.82) is 0 Å². The number of ether oxygens (including phenoxy) is 10. The van der Waals surface area contributed by atoms with Crippen LogP contribution in [0, 0.1) is 45.3 Å². The molecule has 3 saturated carbocycles. The molecule has 0 aromatic heterocycles. The van der Waals surface area contributed by atoms with Gasteiger partial charge in [-0.05, 0) is 93.3 Å². The lowest BCUT2D eigenvalue weighted by molar-refractivity contribution is -0.380. The van der Waals surface area contributed by atoms with Crippen molar-refractivity contribution >= 4 is 5.78 Å². The van der Waals surface area contributed by atoms with E-state index in [4.69, 9.17) is 47.4 Å². The van der Waals surface area contributed by atoms with E-state index < -0.39 is 221 Å². The number of Topliss-reactive ketones (excluding diaryl/α,β-unsaturated/α-hetero) is 1. The van der Waals surface area contributed by atoms with E-state index in [-0.39, 0.29) is 47.7 Å². The number of hydrogen-bond acceptors (Lipinski definition) is 29. The van der Waals surface area contributed by atoms with Gasteiger partial charge in [-0.25, -0.2) is 0 Å². The van der Waals surface area contributed by atoms with Crippen LogP contribution in [0.2, 0.25) is 0 Å². The molecule has 8 fully saturated rings. The first-order valence-electron chi connectivity index (χ1n) is 31.4. The molecule has 5 aliphatic heterocycles. The van der Waals surface area contributed by atoms with Crippen LogP contribution in [0.4, 0.5) is 0 Å². The van der Waals surface area contributed by atoms with E-state index in [1.54, 1.807) is 0 Å². The molecule has 89 heavy (non-hydrogen) atoms. The van der Waals surface area contributed by atoms with Gasteiger partial charge in [-0.15, -0.1) is 0 Å². The van der Waals surface area contributed by atoms with Crippen molar-refractivity contribution in [1.82, 2.24) is 0 Å². The Bertz CT molecular complexity index is 2390. The van der Waals surface area contributed by atoms with Gasteiger partial charge in [0.05, 0.1) is 50.8 Å². The van der Waals surface area contributed by atoms with Gasteiger partial charge in [0.1, 0.15) is 128 Å². The molecule has 18 N–H and O–H groups in total. The fourth-order valence-electron chi connectivity index (χ4n) is 16.7. The summed E-state index contributed by atoms with van der Waals surface area (Å²) in [7, 11) is 0. The van der Waals surface area contributed by atoms with Crippen LogP contribution in [0.15, 0.2) is 11.6 Å². The Labute approximate surface area is 516 Å². The zero-order valence-electron chi connectivity index (χ0n) is 51.7. The first-order valence-corrected chi connectivity index (χ1v) is 31.4. The van der Waals surface area contributed by atoms with E-state index in [1.807, 2.05) is 13.8 Å². The van der Waals surface area contributed by atoms with E-state index in [0.29, 0.717) is 25.7 Å². The normalized spacial score (nSPS) is 51.0. The van der Waals surface area contributed by atoms with Crippen LogP contribution >= 0.6 is 0 Å².